The number of nitrogens with one attached hydrogen (secondary N) is 8. The van der Waals surface area contributed by atoms with Crippen LogP contribution in [0.5, 0.6) is 0 Å². The molecule has 4 unspecified atom stereocenters. The monoisotopic (exact) mass is 1030 g/mol. The van der Waals surface area contributed by atoms with Gasteiger partial charge in [0.05, 0.1) is 26.1 Å². The number of nitrogens with two attached hydrogens (primary N) is 1. The van der Waals surface area contributed by atoms with Crippen LogP contribution in [0.15, 0.2) is 0 Å². The zero-order valence-corrected chi connectivity index (χ0v) is 43.3. The highest BCUT2D eigenvalue weighted by Gasteiger charge is 2.35. The Kier molecular flexibility index (Phi) is 33.9. The number of carbonyl (C=O) groups is 11. The molecule has 0 saturated heterocycles. The Bertz CT molecular complexity index is 1770. The molecule has 0 aliphatic rings. The SMILES string of the molecule is CCCCCCCCC(NC(C)=O)C(=O)N[C@@H](CO)C(=O)NC(CC(C)C)C(=O)N[C@@H](CO)C(=O)NC(CC(C)C)C(=O)N[C@@H](CC(=O)O)C(=O)NC(CCCCCCCC)C(=O)N[C@@H](CC(=O)O)C(N)=O. The van der Waals surface area contributed by atoms with Crippen molar-refractivity contribution in [3.05, 3.63) is 0 Å². The Hall–Kier alpha value is -5.91. The first-order valence-corrected chi connectivity index (χ1v) is 25.2. The summed E-state index contributed by atoms with van der Waals surface area (Å²) in [6.07, 6.45) is 8.47. The summed E-state index contributed by atoms with van der Waals surface area (Å²) in [4.78, 5) is 142. The fraction of sp³-hybridized carbons (Fsp3) is 0.771. The van der Waals surface area contributed by atoms with Crippen LogP contribution in [0.1, 0.15) is 164 Å². The Morgan fingerprint density at radius 3 is 1.01 bits per heavy atom. The van der Waals surface area contributed by atoms with Crippen molar-refractivity contribution in [3.8, 4) is 0 Å². The van der Waals surface area contributed by atoms with Gasteiger partial charge in [0.2, 0.25) is 53.2 Å². The van der Waals surface area contributed by atoms with Gasteiger partial charge in [-0.3, -0.25) is 52.7 Å². The molecule has 412 valence electrons. The molecule has 0 saturated carbocycles. The first-order chi connectivity index (χ1) is 33.9. The van der Waals surface area contributed by atoms with Crippen molar-refractivity contribution in [2.45, 2.75) is 212 Å². The molecule has 0 rings (SSSR count). The van der Waals surface area contributed by atoms with Gasteiger partial charge in [-0.1, -0.05) is 119 Å². The summed E-state index contributed by atoms with van der Waals surface area (Å²) in [5.74, 6) is -12.1. The van der Waals surface area contributed by atoms with Gasteiger partial charge in [-0.2, -0.15) is 0 Å². The number of hydrogen-bond acceptors (Lipinski definition) is 13. The van der Waals surface area contributed by atoms with Gasteiger partial charge in [0, 0.05) is 6.92 Å². The number of hydrogen-bond donors (Lipinski definition) is 13. The number of carboxylic acid groups (broad SMARTS) is 2. The lowest BCUT2D eigenvalue weighted by Crippen LogP contribution is -2.61. The van der Waals surface area contributed by atoms with Gasteiger partial charge >= 0.3 is 11.9 Å². The van der Waals surface area contributed by atoms with E-state index < -0.39 is 139 Å². The Morgan fingerprint density at radius 2 is 0.667 bits per heavy atom. The minimum Gasteiger partial charge on any atom is -0.481 e. The largest absolute Gasteiger partial charge is 0.481 e. The number of carboxylic acids is 2. The highest BCUT2D eigenvalue weighted by atomic mass is 16.4. The van der Waals surface area contributed by atoms with E-state index in [1.54, 1.807) is 27.7 Å². The molecule has 72 heavy (non-hydrogen) atoms. The van der Waals surface area contributed by atoms with Gasteiger partial charge in [0.25, 0.3) is 0 Å². The molecule has 0 aliphatic carbocycles. The Morgan fingerprint density at radius 1 is 0.389 bits per heavy atom. The molecule has 24 nitrogen and oxygen atoms in total. The van der Waals surface area contributed by atoms with Crippen molar-refractivity contribution in [1.82, 2.24) is 42.5 Å². The van der Waals surface area contributed by atoms with Crippen molar-refractivity contribution < 1.29 is 73.2 Å². The summed E-state index contributed by atoms with van der Waals surface area (Å²) >= 11 is 0. The van der Waals surface area contributed by atoms with E-state index in [2.05, 4.69) is 49.5 Å². The van der Waals surface area contributed by atoms with Crippen molar-refractivity contribution in [3.63, 3.8) is 0 Å². The van der Waals surface area contributed by atoms with Crippen LogP contribution in [0.25, 0.3) is 0 Å². The molecule has 0 heterocycles. The highest BCUT2D eigenvalue weighted by molar-refractivity contribution is 5.99. The second-order valence-electron chi connectivity index (χ2n) is 19.0. The van der Waals surface area contributed by atoms with E-state index in [-0.39, 0.29) is 37.5 Å². The van der Waals surface area contributed by atoms with E-state index in [1.807, 2.05) is 6.92 Å². The Labute approximate surface area is 423 Å². The minimum atomic E-state index is -1.84. The average Bonchev–Trinajstić information content (AvgIpc) is 3.29. The predicted octanol–water partition coefficient (Wildman–Crippen LogP) is -0.103. The van der Waals surface area contributed by atoms with E-state index in [4.69, 9.17) is 5.73 Å². The lowest BCUT2D eigenvalue weighted by atomic mass is 10.0. The van der Waals surface area contributed by atoms with Gasteiger partial charge in [0.1, 0.15) is 48.3 Å². The van der Waals surface area contributed by atoms with Crippen molar-refractivity contribution in [1.29, 1.82) is 0 Å². The molecular formula is C48H85N9O15. The second-order valence-corrected chi connectivity index (χ2v) is 19.0. The smallest absolute Gasteiger partial charge is 0.305 e. The third-order valence-electron chi connectivity index (χ3n) is 11.4. The maximum atomic E-state index is 13.8. The maximum Gasteiger partial charge on any atom is 0.305 e. The van der Waals surface area contributed by atoms with Crippen LogP contribution in [-0.4, -0.2) is 147 Å². The molecule has 24 heteroatoms. The number of unbranched alkanes of at least 4 members (excludes halogenated alkanes) is 10. The van der Waals surface area contributed by atoms with Gasteiger partial charge in [-0.25, -0.2) is 0 Å². The summed E-state index contributed by atoms with van der Waals surface area (Å²) in [7, 11) is 0. The molecule has 9 amide bonds. The number of amides is 9. The lowest BCUT2D eigenvalue weighted by molar-refractivity contribution is -0.142. The molecule has 0 aromatic rings. The lowest BCUT2D eigenvalue weighted by Gasteiger charge is -2.28. The van der Waals surface area contributed by atoms with Gasteiger partial charge in [-0.15, -0.1) is 0 Å². The third kappa shape index (κ3) is 28.8. The number of aliphatic carboxylic acids is 2. The van der Waals surface area contributed by atoms with Crippen molar-refractivity contribution in [2.75, 3.05) is 13.2 Å². The molecular weight excluding hydrogens is 943 g/mol. The van der Waals surface area contributed by atoms with Crippen molar-refractivity contribution in [2.24, 2.45) is 17.6 Å². The van der Waals surface area contributed by atoms with E-state index in [0.29, 0.717) is 19.3 Å². The van der Waals surface area contributed by atoms with Gasteiger partial charge in [0.15, 0.2) is 0 Å². The highest BCUT2D eigenvalue weighted by Crippen LogP contribution is 2.13. The van der Waals surface area contributed by atoms with Crippen LogP contribution in [-0.2, 0) is 52.7 Å². The summed E-state index contributed by atoms with van der Waals surface area (Å²) in [5, 5.41) is 58.5. The van der Waals surface area contributed by atoms with Crippen LogP contribution in [0.2, 0.25) is 0 Å². The topological polar surface area (TPSA) is 391 Å². The molecule has 0 radical (unpaired) electrons. The van der Waals surface area contributed by atoms with E-state index >= 15 is 0 Å². The second kappa shape index (κ2) is 36.9. The quantitative estimate of drug-likeness (QED) is 0.0357. The van der Waals surface area contributed by atoms with Crippen molar-refractivity contribution >= 4 is 65.1 Å². The third-order valence-corrected chi connectivity index (χ3v) is 11.4. The van der Waals surface area contributed by atoms with Crippen LogP contribution >= 0.6 is 0 Å². The van der Waals surface area contributed by atoms with Gasteiger partial charge < -0.3 is 68.7 Å². The summed E-state index contributed by atoms with van der Waals surface area (Å²) in [6, 6.07) is -12.1. The van der Waals surface area contributed by atoms with Gasteiger partial charge in [-0.05, 0) is 37.5 Å². The summed E-state index contributed by atoms with van der Waals surface area (Å²) in [5.41, 5.74) is 5.30. The number of carbonyl (C=O) groups excluding carboxylic acids is 9. The molecule has 14 N–H and O–H groups in total. The average molecular weight is 1030 g/mol. The first-order valence-electron chi connectivity index (χ1n) is 25.2. The number of aliphatic hydroxyl groups is 2. The van der Waals surface area contributed by atoms with Crippen LogP contribution < -0.4 is 48.3 Å². The maximum absolute atomic E-state index is 13.8. The zero-order valence-electron chi connectivity index (χ0n) is 43.3. The van der Waals surface area contributed by atoms with Crippen LogP contribution in [0.3, 0.4) is 0 Å². The molecule has 0 bridgehead atoms. The molecule has 0 aromatic carbocycles. The van der Waals surface area contributed by atoms with Crippen LogP contribution in [0, 0.1) is 11.8 Å². The number of aliphatic hydroxyl groups excluding tert-OH is 2. The van der Waals surface area contributed by atoms with E-state index in [1.165, 1.54) is 6.92 Å². The Balaban J connectivity index is 6.31. The molecule has 0 aliphatic heterocycles. The fourth-order valence-corrected chi connectivity index (χ4v) is 7.52. The zero-order chi connectivity index (χ0) is 54.9. The first kappa shape index (κ1) is 66.1. The summed E-state index contributed by atoms with van der Waals surface area (Å²) in [6.45, 7) is 10.3. The normalized spacial score (nSPS) is 14.5. The predicted molar refractivity (Wildman–Crippen MR) is 264 cm³/mol. The standard InChI is InChI=1S/C48H85N9O15/c1-8-10-12-14-16-18-20-31(50-30(7)60)42(66)56-37(26-58)47(71)54-35(23-29(5)6)45(69)57-38(27-59)48(72)53-34(22-28(3)4)44(68)55-36(25-40(63)64)46(70)51-32(21-19-17-15-13-11-9-2)43(67)52-33(41(49)65)24-39(61)62/h28-29,31-38,58-59H,8-27H2,1-7H3,(H2,49,65)(H,50,60)(H,51,70)(H,52,67)(H,53,72)(H,54,71)(H,55,68)(H,56,66)(H,57,69)(H,61,62)(H,63,64)/t31?,32?,33-,34?,35?,36-,37-,38-/m0/s1. The molecule has 8 atom stereocenters. The molecule has 0 spiro atoms. The molecule has 0 aromatic heterocycles. The summed E-state index contributed by atoms with van der Waals surface area (Å²) < 4.78 is 0. The van der Waals surface area contributed by atoms with E-state index in [9.17, 15) is 73.2 Å². The minimum absolute atomic E-state index is 0.0169. The van der Waals surface area contributed by atoms with E-state index in [0.717, 1.165) is 57.8 Å². The molecule has 0 fully saturated rings. The number of rotatable bonds is 40. The number of primary amides is 1. The van der Waals surface area contributed by atoms with Crippen LogP contribution in [0.4, 0.5) is 0 Å². The fourth-order valence-electron chi connectivity index (χ4n) is 7.52.